The number of rotatable bonds is 1. The van der Waals surface area contributed by atoms with Gasteiger partial charge in [0.15, 0.2) is 6.33 Å². The standard InChI is InChI=1S/C7H8.C5H11NO.C3H4N2O.C3H6.2CH4/c1-7-5-3-2-4-6-7;1-4-5(7)6(2)3;1-3-4-2-5-6-3;1-3-2;;/h2-6H,1H3;4H2,1-3H3;2H,1H3;3H,1H2,2H3;2*1H4. The largest absolute Gasteiger partial charge is 0.349 e. The van der Waals surface area contributed by atoms with E-state index < -0.39 is 0 Å². The molecule has 2 aromatic rings. The van der Waals surface area contributed by atoms with E-state index in [0.29, 0.717) is 12.3 Å². The highest BCUT2D eigenvalue weighted by Crippen LogP contribution is 1.92. The number of amides is 1. The summed E-state index contributed by atoms with van der Waals surface area (Å²) in [4.78, 5) is 15.7. The summed E-state index contributed by atoms with van der Waals surface area (Å²) in [6.07, 6.45) is 3.72. The number of allylic oxidation sites excluding steroid dienone is 1. The second-order valence-electron chi connectivity index (χ2n) is 4.66. The molecule has 25 heavy (non-hydrogen) atoms. The average Bonchev–Trinajstić information content (AvgIpc) is 3.00. The molecule has 1 aromatic carbocycles. The Labute approximate surface area is 154 Å². The van der Waals surface area contributed by atoms with Gasteiger partial charge in [0.2, 0.25) is 11.8 Å². The van der Waals surface area contributed by atoms with Crippen molar-refractivity contribution in [3.63, 3.8) is 0 Å². The quantitative estimate of drug-likeness (QED) is 0.652. The first-order valence-corrected chi connectivity index (χ1v) is 7.41. The van der Waals surface area contributed by atoms with Crippen molar-refractivity contribution >= 4 is 5.91 Å². The monoisotopic (exact) mass is 351 g/mol. The van der Waals surface area contributed by atoms with Gasteiger partial charge >= 0.3 is 0 Å². The fourth-order valence-corrected chi connectivity index (χ4v) is 1.08. The highest BCUT2D eigenvalue weighted by molar-refractivity contribution is 5.75. The molecule has 0 bridgehead atoms. The Morgan fingerprint density at radius 1 is 1.20 bits per heavy atom. The first-order chi connectivity index (χ1) is 10.9. The molecule has 0 spiro atoms. The molecular formula is C20H37N3O2. The number of benzene rings is 1. The normalized spacial score (nSPS) is 7.44. The molecule has 0 saturated heterocycles. The van der Waals surface area contributed by atoms with Gasteiger partial charge < -0.3 is 9.42 Å². The fraction of sp³-hybridized carbons (Fsp3) is 0.450. The molecule has 1 aromatic heterocycles. The number of hydrogen-bond acceptors (Lipinski definition) is 4. The zero-order valence-electron chi connectivity index (χ0n) is 15.1. The van der Waals surface area contributed by atoms with Crippen LogP contribution < -0.4 is 0 Å². The fourth-order valence-electron chi connectivity index (χ4n) is 1.08. The first kappa shape index (κ1) is 30.5. The van der Waals surface area contributed by atoms with E-state index in [1.165, 1.54) is 11.9 Å². The number of nitrogens with zero attached hydrogens (tertiary/aromatic N) is 3. The van der Waals surface area contributed by atoms with Gasteiger partial charge in [-0.25, -0.2) is 0 Å². The molecule has 0 unspecified atom stereocenters. The maximum atomic E-state index is 10.4. The predicted molar refractivity (Wildman–Crippen MR) is 109 cm³/mol. The van der Waals surface area contributed by atoms with Crippen LogP contribution in [0.3, 0.4) is 0 Å². The highest BCUT2D eigenvalue weighted by atomic mass is 16.5. The summed E-state index contributed by atoms with van der Waals surface area (Å²) in [6, 6.07) is 10.3. The van der Waals surface area contributed by atoms with Gasteiger partial charge in [-0.3, -0.25) is 4.79 Å². The minimum atomic E-state index is 0. The Balaban J connectivity index is -0.000000119. The first-order valence-electron chi connectivity index (χ1n) is 7.41. The Kier molecular flexibility index (Phi) is 26.3. The van der Waals surface area contributed by atoms with Crippen LogP contribution in [0.4, 0.5) is 0 Å². The zero-order valence-corrected chi connectivity index (χ0v) is 15.1. The molecule has 1 amide bonds. The van der Waals surface area contributed by atoms with E-state index in [4.69, 9.17) is 0 Å². The van der Waals surface area contributed by atoms with Crippen molar-refractivity contribution in [1.82, 2.24) is 15.0 Å². The topological polar surface area (TPSA) is 59.2 Å². The van der Waals surface area contributed by atoms with Crippen LogP contribution in [-0.4, -0.2) is 35.0 Å². The van der Waals surface area contributed by atoms with Gasteiger partial charge in [-0.1, -0.05) is 68.9 Å². The number of hydrogen-bond donors (Lipinski definition) is 0. The lowest BCUT2D eigenvalue weighted by Gasteiger charge is -2.05. The molecule has 0 atom stereocenters. The van der Waals surface area contributed by atoms with E-state index in [0.717, 1.165) is 0 Å². The molecule has 0 aliphatic carbocycles. The number of aryl methyl sites for hydroxylation is 2. The van der Waals surface area contributed by atoms with Crippen molar-refractivity contribution < 1.29 is 9.32 Å². The molecule has 5 nitrogen and oxygen atoms in total. The van der Waals surface area contributed by atoms with E-state index in [1.807, 2.05) is 32.0 Å². The summed E-state index contributed by atoms with van der Waals surface area (Å²) in [6.45, 7) is 10.9. The van der Waals surface area contributed by atoms with Crippen LogP contribution in [0.25, 0.3) is 0 Å². The lowest BCUT2D eigenvalue weighted by molar-refractivity contribution is -0.128. The van der Waals surface area contributed by atoms with Crippen LogP contribution in [0.2, 0.25) is 0 Å². The lowest BCUT2D eigenvalue weighted by Crippen LogP contribution is -2.19. The molecule has 5 heteroatoms. The summed E-state index contributed by atoms with van der Waals surface area (Å²) in [5.41, 5.74) is 1.32. The molecule has 1 heterocycles. The second-order valence-corrected chi connectivity index (χ2v) is 4.66. The Bertz CT molecular complexity index is 495. The van der Waals surface area contributed by atoms with Crippen LogP contribution in [-0.2, 0) is 4.79 Å². The average molecular weight is 352 g/mol. The molecule has 0 aliphatic heterocycles. The Hall–Kier alpha value is -2.43. The van der Waals surface area contributed by atoms with Crippen LogP contribution in [0.15, 0.2) is 53.8 Å². The molecule has 0 saturated carbocycles. The van der Waals surface area contributed by atoms with Gasteiger partial charge in [-0.15, -0.1) is 6.58 Å². The zero-order chi connectivity index (χ0) is 18.1. The van der Waals surface area contributed by atoms with Crippen LogP contribution in [0, 0.1) is 13.8 Å². The maximum absolute atomic E-state index is 10.4. The summed E-state index contributed by atoms with van der Waals surface area (Å²) in [7, 11) is 3.51. The molecule has 0 radical (unpaired) electrons. The van der Waals surface area contributed by atoms with Crippen molar-refractivity contribution in [2.45, 2.75) is 49.0 Å². The lowest BCUT2D eigenvalue weighted by atomic mass is 10.2. The van der Waals surface area contributed by atoms with Gasteiger partial charge in [-0.05, 0) is 13.8 Å². The molecule has 144 valence electrons. The Morgan fingerprint density at radius 3 is 1.80 bits per heavy atom. The summed E-state index contributed by atoms with van der Waals surface area (Å²) in [5, 5.41) is 3.34. The number of carbonyl (C=O) groups is 1. The van der Waals surface area contributed by atoms with E-state index in [-0.39, 0.29) is 20.8 Å². The highest BCUT2D eigenvalue weighted by Gasteiger charge is 1.95. The molecule has 0 aliphatic rings. The second kappa shape index (κ2) is 21.6. The van der Waals surface area contributed by atoms with Gasteiger partial charge in [0, 0.05) is 27.4 Å². The van der Waals surface area contributed by atoms with Crippen LogP contribution in [0.5, 0.6) is 0 Å². The van der Waals surface area contributed by atoms with Gasteiger partial charge in [-0.2, -0.15) is 4.98 Å². The van der Waals surface area contributed by atoms with E-state index in [2.05, 4.69) is 40.3 Å². The maximum Gasteiger partial charge on any atom is 0.223 e. The Morgan fingerprint density at radius 2 is 1.68 bits per heavy atom. The predicted octanol–water partition coefficient (Wildman–Crippen LogP) is 5.32. The van der Waals surface area contributed by atoms with Gasteiger partial charge in [0.1, 0.15) is 0 Å². The smallest absolute Gasteiger partial charge is 0.223 e. The van der Waals surface area contributed by atoms with Crippen LogP contribution in [0.1, 0.15) is 46.6 Å². The summed E-state index contributed by atoms with van der Waals surface area (Å²) >= 11 is 0. The molecule has 2 rings (SSSR count). The molecule has 0 fully saturated rings. The minimum Gasteiger partial charge on any atom is -0.349 e. The van der Waals surface area contributed by atoms with E-state index in [9.17, 15) is 4.79 Å². The van der Waals surface area contributed by atoms with E-state index >= 15 is 0 Å². The molecular weight excluding hydrogens is 314 g/mol. The van der Waals surface area contributed by atoms with E-state index in [1.54, 1.807) is 32.0 Å². The third kappa shape index (κ3) is 24.0. The summed E-state index contributed by atoms with van der Waals surface area (Å²) < 4.78 is 4.47. The molecule has 0 N–H and O–H groups in total. The SMILES string of the molecule is C.C.C=CC.CCC(=O)N(C)C.Cc1ccccc1.Cc1ncno1. The van der Waals surface area contributed by atoms with Crippen molar-refractivity contribution in [2.24, 2.45) is 0 Å². The van der Waals surface area contributed by atoms with Crippen molar-refractivity contribution in [2.75, 3.05) is 14.1 Å². The van der Waals surface area contributed by atoms with Crippen molar-refractivity contribution in [3.05, 3.63) is 60.8 Å². The van der Waals surface area contributed by atoms with Crippen molar-refractivity contribution in [3.8, 4) is 0 Å². The van der Waals surface area contributed by atoms with Gasteiger partial charge in [0.05, 0.1) is 0 Å². The summed E-state index contributed by atoms with van der Waals surface area (Å²) in [5.74, 6) is 0.787. The third-order valence-corrected chi connectivity index (χ3v) is 2.21. The number of carbonyl (C=O) groups excluding carboxylic acids is 1. The number of aromatic nitrogens is 2. The van der Waals surface area contributed by atoms with Crippen LogP contribution >= 0.6 is 0 Å². The van der Waals surface area contributed by atoms with Gasteiger partial charge in [0.25, 0.3) is 0 Å². The van der Waals surface area contributed by atoms with Crippen molar-refractivity contribution in [1.29, 1.82) is 0 Å². The third-order valence-electron chi connectivity index (χ3n) is 2.21. The minimum absolute atomic E-state index is 0.